The molecule has 0 radical (unpaired) electrons. The van der Waals surface area contributed by atoms with Crippen LogP contribution in [0.5, 0.6) is 0 Å². The Morgan fingerprint density at radius 3 is 2.53 bits per heavy atom. The van der Waals surface area contributed by atoms with Gasteiger partial charge in [0.05, 0.1) is 0 Å². The summed E-state index contributed by atoms with van der Waals surface area (Å²) in [5, 5.41) is 0. The largest absolute Gasteiger partial charge is 0.328 e. The van der Waals surface area contributed by atoms with Crippen LogP contribution in [0.25, 0.3) is 11.1 Å². The molecule has 0 aromatic heterocycles. The molecule has 1 atom stereocenters. The van der Waals surface area contributed by atoms with Gasteiger partial charge in [-0.2, -0.15) is 0 Å². The minimum Gasteiger partial charge on any atom is -0.328 e. The van der Waals surface area contributed by atoms with Gasteiger partial charge in [-0.3, -0.25) is 0 Å². The van der Waals surface area contributed by atoms with Crippen molar-refractivity contribution in [2.24, 2.45) is 5.73 Å². The van der Waals surface area contributed by atoms with Gasteiger partial charge in [-0.05, 0) is 42.5 Å². The second-order valence-electron chi connectivity index (χ2n) is 4.70. The lowest BCUT2D eigenvalue weighted by Gasteiger charge is -2.09. The topological polar surface area (TPSA) is 26.0 Å². The monoisotopic (exact) mass is 225 g/mol. The van der Waals surface area contributed by atoms with E-state index in [1.807, 2.05) is 6.92 Å². The average molecular weight is 225 g/mol. The van der Waals surface area contributed by atoms with E-state index in [0.29, 0.717) is 0 Å². The smallest absolute Gasteiger partial charge is 0.00509 e. The number of nitrogens with two attached hydrogens (primary N) is 1. The maximum Gasteiger partial charge on any atom is 0.00509 e. The molecule has 0 spiro atoms. The Bertz CT molecular complexity index is 500. The normalized spacial score (nSPS) is 12.4. The highest BCUT2D eigenvalue weighted by Gasteiger charge is 2.03. The summed E-state index contributed by atoms with van der Waals surface area (Å²) in [6.07, 6.45) is 0.930. The Labute approximate surface area is 103 Å². The molecule has 0 amide bonds. The Hall–Kier alpha value is -1.60. The highest BCUT2D eigenvalue weighted by Crippen LogP contribution is 2.24. The molecule has 0 saturated heterocycles. The maximum atomic E-state index is 5.84. The molecule has 1 nitrogen and oxygen atoms in total. The molecule has 2 N–H and O–H groups in total. The van der Waals surface area contributed by atoms with Crippen molar-refractivity contribution in [1.82, 2.24) is 0 Å². The molecule has 0 aliphatic heterocycles. The van der Waals surface area contributed by atoms with Gasteiger partial charge in [-0.25, -0.2) is 0 Å². The Morgan fingerprint density at radius 1 is 1.06 bits per heavy atom. The Kier molecular flexibility index (Phi) is 3.60. The summed E-state index contributed by atoms with van der Waals surface area (Å²) in [5.74, 6) is 0. The van der Waals surface area contributed by atoms with Crippen LogP contribution in [0.15, 0.2) is 48.5 Å². The van der Waals surface area contributed by atoms with E-state index in [0.717, 1.165) is 6.42 Å². The lowest BCUT2D eigenvalue weighted by Crippen LogP contribution is -2.17. The SMILES string of the molecule is Cc1ccccc1-c1cccc(C[C@@H](C)N)c1. The number of rotatable bonds is 3. The van der Waals surface area contributed by atoms with Gasteiger partial charge in [-0.15, -0.1) is 0 Å². The van der Waals surface area contributed by atoms with Crippen LogP contribution in [0.4, 0.5) is 0 Å². The zero-order valence-corrected chi connectivity index (χ0v) is 10.5. The number of hydrogen-bond acceptors (Lipinski definition) is 1. The third kappa shape index (κ3) is 2.95. The molecule has 0 bridgehead atoms. The standard InChI is InChI=1S/C16H19N/c1-12-6-3-4-9-16(12)15-8-5-7-14(11-15)10-13(2)17/h3-9,11,13H,10,17H2,1-2H3/t13-/m1/s1. The molecule has 0 unspecified atom stereocenters. The lowest BCUT2D eigenvalue weighted by atomic mass is 9.97. The average Bonchev–Trinajstić information content (AvgIpc) is 2.29. The van der Waals surface area contributed by atoms with E-state index in [9.17, 15) is 0 Å². The summed E-state index contributed by atoms with van der Waals surface area (Å²) in [6, 6.07) is 17.3. The van der Waals surface area contributed by atoms with Crippen molar-refractivity contribution in [3.05, 3.63) is 59.7 Å². The van der Waals surface area contributed by atoms with Gasteiger partial charge in [0.15, 0.2) is 0 Å². The van der Waals surface area contributed by atoms with Gasteiger partial charge in [0.25, 0.3) is 0 Å². The fourth-order valence-electron chi connectivity index (χ4n) is 2.13. The Morgan fingerprint density at radius 2 is 1.82 bits per heavy atom. The fraction of sp³-hybridized carbons (Fsp3) is 0.250. The van der Waals surface area contributed by atoms with E-state index in [-0.39, 0.29) is 6.04 Å². The van der Waals surface area contributed by atoms with Crippen LogP contribution in [-0.4, -0.2) is 6.04 Å². The van der Waals surface area contributed by atoms with Gasteiger partial charge < -0.3 is 5.73 Å². The van der Waals surface area contributed by atoms with Crippen molar-refractivity contribution in [2.75, 3.05) is 0 Å². The van der Waals surface area contributed by atoms with Crippen LogP contribution in [0, 0.1) is 6.92 Å². The van der Waals surface area contributed by atoms with E-state index in [4.69, 9.17) is 5.73 Å². The second kappa shape index (κ2) is 5.15. The van der Waals surface area contributed by atoms with E-state index < -0.39 is 0 Å². The van der Waals surface area contributed by atoms with Crippen LogP contribution in [0.3, 0.4) is 0 Å². The highest BCUT2D eigenvalue weighted by molar-refractivity contribution is 5.67. The highest BCUT2D eigenvalue weighted by atomic mass is 14.6. The lowest BCUT2D eigenvalue weighted by molar-refractivity contribution is 0.738. The summed E-state index contributed by atoms with van der Waals surface area (Å²) in [7, 11) is 0. The summed E-state index contributed by atoms with van der Waals surface area (Å²) < 4.78 is 0. The molecule has 1 heteroatoms. The third-order valence-corrected chi connectivity index (χ3v) is 2.94. The molecule has 2 aromatic carbocycles. The van der Waals surface area contributed by atoms with Gasteiger partial charge >= 0.3 is 0 Å². The first kappa shape index (κ1) is 11.9. The summed E-state index contributed by atoms with van der Waals surface area (Å²) in [4.78, 5) is 0. The van der Waals surface area contributed by atoms with Crippen molar-refractivity contribution < 1.29 is 0 Å². The van der Waals surface area contributed by atoms with Crippen molar-refractivity contribution in [3.8, 4) is 11.1 Å². The Balaban J connectivity index is 2.37. The summed E-state index contributed by atoms with van der Waals surface area (Å²) in [5.41, 5.74) is 11.0. The molecule has 0 saturated carbocycles. The molecule has 0 fully saturated rings. The molecule has 2 rings (SSSR count). The van der Waals surface area contributed by atoms with E-state index >= 15 is 0 Å². The van der Waals surface area contributed by atoms with Crippen LogP contribution in [0.1, 0.15) is 18.1 Å². The van der Waals surface area contributed by atoms with Crippen LogP contribution < -0.4 is 5.73 Å². The van der Waals surface area contributed by atoms with E-state index in [1.165, 1.54) is 22.3 Å². The van der Waals surface area contributed by atoms with Gasteiger partial charge in [-0.1, -0.05) is 48.5 Å². The van der Waals surface area contributed by atoms with Crippen molar-refractivity contribution in [3.63, 3.8) is 0 Å². The van der Waals surface area contributed by atoms with Gasteiger partial charge in [0.2, 0.25) is 0 Å². The first-order valence-corrected chi connectivity index (χ1v) is 6.07. The van der Waals surface area contributed by atoms with Crippen LogP contribution in [0.2, 0.25) is 0 Å². The minimum absolute atomic E-state index is 0.210. The third-order valence-electron chi connectivity index (χ3n) is 2.94. The predicted molar refractivity (Wildman–Crippen MR) is 74.0 cm³/mol. The number of benzene rings is 2. The zero-order valence-electron chi connectivity index (χ0n) is 10.5. The first-order chi connectivity index (χ1) is 8.16. The molecular weight excluding hydrogens is 206 g/mol. The maximum absolute atomic E-state index is 5.84. The second-order valence-corrected chi connectivity index (χ2v) is 4.70. The van der Waals surface area contributed by atoms with Crippen molar-refractivity contribution in [1.29, 1.82) is 0 Å². The quantitative estimate of drug-likeness (QED) is 0.849. The summed E-state index contributed by atoms with van der Waals surface area (Å²) in [6.45, 7) is 4.19. The summed E-state index contributed by atoms with van der Waals surface area (Å²) >= 11 is 0. The van der Waals surface area contributed by atoms with E-state index in [1.54, 1.807) is 0 Å². The first-order valence-electron chi connectivity index (χ1n) is 6.07. The zero-order chi connectivity index (χ0) is 12.3. The van der Waals surface area contributed by atoms with Crippen LogP contribution in [-0.2, 0) is 6.42 Å². The fourth-order valence-corrected chi connectivity index (χ4v) is 2.13. The number of aryl methyl sites for hydroxylation is 1. The van der Waals surface area contributed by atoms with E-state index in [2.05, 4.69) is 55.5 Å². The van der Waals surface area contributed by atoms with Crippen molar-refractivity contribution in [2.45, 2.75) is 26.3 Å². The molecular formula is C16H19N. The van der Waals surface area contributed by atoms with Crippen LogP contribution >= 0.6 is 0 Å². The molecule has 0 aliphatic rings. The minimum atomic E-state index is 0.210. The molecule has 0 aliphatic carbocycles. The van der Waals surface area contributed by atoms with Gasteiger partial charge in [0, 0.05) is 6.04 Å². The van der Waals surface area contributed by atoms with Crippen molar-refractivity contribution >= 4 is 0 Å². The molecule has 88 valence electrons. The molecule has 2 aromatic rings. The molecule has 0 heterocycles. The van der Waals surface area contributed by atoms with Gasteiger partial charge in [0.1, 0.15) is 0 Å². The predicted octanol–water partition coefficient (Wildman–Crippen LogP) is 3.55. The molecule has 17 heavy (non-hydrogen) atoms. The number of hydrogen-bond donors (Lipinski definition) is 1.